The number of guanidine groups is 1. The molecule has 0 bridgehead atoms. The third-order valence-electron chi connectivity index (χ3n) is 3.94. The van der Waals surface area contributed by atoms with Gasteiger partial charge in [-0.1, -0.05) is 0 Å². The van der Waals surface area contributed by atoms with E-state index >= 15 is 0 Å². The number of amides is 1. The number of rotatable bonds is 6. The first kappa shape index (κ1) is 17.7. The molecule has 1 saturated heterocycles. The van der Waals surface area contributed by atoms with E-state index in [4.69, 9.17) is 10.7 Å². The predicted octanol–water partition coefficient (Wildman–Crippen LogP) is 1.55. The molecule has 23 heavy (non-hydrogen) atoms. The van der Waals surface area contributed by atoms with E-state index in [0.717, 1.165) is 62.1 Å². The second-order valence-electron chi connectivity index (χ2n) is 5.97. The van der Waals surface area contributed by atoms with E-state index in [1.165, 1.54) is 0 Å². The molecule has 0 spiro atoms. The van der Waals surface area contributed by atoms with Gasteiger partial charge in [-0.2, -0.15) is 0 Å². The van der Waals surface area contributed by atoms with Gasteiger partial charge in [0.2, 0.25) is 5.91 Å². The van der Waals surface area contributed by atoms with Gasteiger partial charge >= 0.3 is 0 Å². The van der Waals surface area contributed by atoms with E-state index in [0.29, 0.717) is 12.3 Å². The van der Waals surface area contributed by atoms with Crippen molar-refractivity contribution in [1.29, 1.82) is 0 Å². The molecule has 0 radical (unpaired) electrons. The monoisotopic (exact) mass is 337 g/mol. The van der Waals surface area contributed by atoms with Crippen molar-refractivity contribution in [2.24, 2.45) is 16.6 Å². The highest BCUT2D eigenvalue weighted by molar-refractivity contribution is 7.09. The van der Waals surface area contributed by atoms with Gasteiger partial charge < -0.3 is 16.0 Å². The van der Waals surface area contributed by atoms with Crippen LogP contribution in [0.1, 0.15) is 36.9 Å². The molecular weight excluding hydrogens is 310 g/mol. The summed E-state index contributed by atoms with van der Waals surface area (Å²) in [7, 11) is 0. The zero-order chi connectivity index (χ0) is 16.7. The first-order chi connectivity index (χ1) is 11.1. The molecule has 1 fully saturated rings. The van der Waals surface area contributed by atoms with Crippen molar-refractivity contribution in [2.45, 2.75) is 39.5 Å². The lowest BCUT2D eigenvalue weighted by atomic mass is 9.95. The van der Waals surface area contributed by atoms with Crippen molar-refractivity contribution in [3.63, 3.8) is 0 Å². The highest BCUT2D eigenvalue weighted by Crippen LogP contribution is 2.19. The molecule has 1 aromatic rings. The number of carbonyl (C=O) groups excluding carboxylic acids is 1. The number of aliphatic imine (C=N–C) groups is 1. The van der Waals surface area contributed by atoms with E-state index in [-0.39, 0.29) is 5.91 Å². The maximum Gasteiger partial charge on any atom is 0.217 e. The number of likely N-dealkylation sites (tertiary alicyclic amines) is 1. The maximum absolute atomic E-state index is 11.2. The van der Waals surface area contributed by atoms with Crippen LogP contribution in [-0.2, 0) is 11.2 Å². The Hall–Kier alpha value is -1.63. The molecular formula is C16H27N5OS. The van der Waals surface area contributed by atoms with Crippen LogP contribution in [0.25, 0.3) is 0 Å². The van der Waals surface area contributed by atoms with Gasteiger partial charge in [0.05, 0.1) is 10.7 Å². The van der Waals surface area contributed by atoms with E-state index < -0.39 is 0 Å². The Balaban J connectivity index is 1.93. The van der Waals surface area contributed by atoms with Gasteiger partial charge in [-0.05, 0) is 32.6 Å². The number of hydrogen-bond donors (Lipinski definition) is 2. The van der Waals surface area contributed by atoms with Crippen LogP contribution in [0, 0.1) is 12.8 Å². The van der Waals surface area contributed by atoms with Crippen LogP contribution >= 0.6 is 11.3 Å². The second kappa shape index (κ2) is 8.86. The van der Waals surface area contributed by atoms with Gasteiger partial charge in [-0.25, -0.2) is 4.98 Å². The van der Waals surface area contributed by atoms with Crippen LogP contribution in [0.4, 0.5) is 0 Å². The van der Waals surface area contributed by atoms with Crippen LogP contribution in [0.5, 0.6) is 0 Å². The Morgan fingerprint density at radius 1 is 1.61 bits per heavy atom. The molecule has 2 heterocycles. The van der Waals surface area contributed by atoms with Crippen molar-refractivity contribution < 1.29 is 4.79 Å². The summed E-state index contributed by atoms with van der Waals surface area (Å²) in [5.41, 5.74) is 6.45. The first-order valence-electron chi connectivity index (χ1n) is 8.31. The first-order valence-corrected chi connectivity index (χ1v) is 9.19. The summed E-state index contributed by atoms with van der Waals surface area (Å²) in [6.45, 7) is 7.49. The number of thiazole rings is 1. The van der Waals surface area contributed by atoms with E-state index in [9.17, 15) is 4.79 Å². The van der Waals surface area contributed by atoms with E-state index in [2.05, 4.69) is 27.5 Å². The summed E-state index contributed by atoms with van der Waals surface area (Å²) in [6.07, 6.45) is 3.47. The molecule has 1 unspecified atom stereocenters. The fourth-order valence-electron chi connectivity index (χ4n) is 2.93. The zero-order valence-electron chi connectivity index (χ0n) is 14.0. The Morgan fingerprint density at radius 2 is 2.43 bits per heavy atom. The summed E-state index contributed by atoms with van der Waals surface area (Å²) < 4.78 is 0. The van der Waals surface area contributed by atoms with Gasteiger partial charge in [-0.15, -0.1) is 11.3 Å². The van der Waals surface area contributed by atoms with E-state index in [1.54, 1.807) is 11.3 Å². The van der Waals surface area contributed by atoms with Crippen molar-refractivity contribution in [3.8, 4) is 0 Å². The molecule has 0 saturated carbocycles. The molecule has 7 heteroatoms. The molecule has 128 valence electrons. The van der Waals surface area contributed by atoms with Gasteiger partial charge in [-0.3, -0.25) is 9.79 Å². The number of nitrogens with two attached hydrogens (primary N) is 1. The fourth-order valence-corrected chi connectivity index (χ4v) is 3.58. The lowest BCUT2D eigenvalue weighted by Crippen LogP contribution is -2.47. The molecule has 1 aliphatic heterocycles. The SMILES string of the molecule is CCNC(=NCCc1csc(C)n1)N1CCCC(CC(N)=O)C1. The number of aromatic nitrogens is 1. The molecule has 0 aromatic carbocycles. The normalized spacial score (nSPS) is 19.0. The van der Waals surface area contributed by atoms with Crippen molar-refractivity contribution in [1.82, 2.24) is 15.2 Å². The third kappa shape index (κ3) is 5.82. The van der Waals surface area contributed by atoms with Gasteiger partial charge in [0.15, 0.2) is 5.96 Å². The predicted molar refractivity (Wildman–Crippen MR) is 94.6 cm³/mol. The molecule has 2 rings (SSSR count). The Labute approximate surface area is 142 Å². The third-order valence-corrected chi connectivity index (χ3v) is 4.76. The Kier molecular flexibility index (Phi) is 6.83. The minimum atomic E-state index is -0.210. The maximum atomic E-state index is 11.2. The summed E-state index contributed by atoms with van der Waals surface area (Å²) in [5.74, 6) is 1.07. The van der Waals surface area contributed by atoms with E-state index in [1.807, 2.05) is 6.92 Å². The number of piperidine rings is 1. The average molecular weight is 337 g/mol. The molecule has 1 aliphatic rings. The zero-order valence-corrected chi connectivity index (χ0v) is 14.9. The van der Waals surface area contributed by atoms with Crippen molar-refractivity contribution in [2.75, 3.05) is 26.2 Å². The fraction of sp³-hybridized carbons (Fsp3) is 0.688. The summed E-state index contributed by atoms with van der Waals surface area (Å²) >= 11 is 1.68. The molecule has 1 amide bonds. The highest BCUT2D eigenvalue weighted by atomic mass is 32.1. The number of aryl methyl sites for hydroxylation is 1. The van der Waals surface area contributed by atoms with Gasteiger partial charge in [0.25, 0.3) is 0 Å². The summed E-state index contributed by atoms with van der Waals surface area (Å²) in [4.78, 5) is 22.6. The van der Waals surface area contributed by atoms with Gasteiger partial charge in [0.1, 0.15) is 0 Å². The summed E-state index contributed by atoms with van der Waals surface area (Å²) in [6, 6.07) is 0. The number of carbonyl (C=O) groups is 1. The topological polar surface area (TPSA) is 83.6 Å². The smallest absolute Gasteiger partial charge is 0.217 e. The van der Waals surface area contributed by atoms with Crippen molar-refractivity contribution in [3.05, 3.63) is 16.1 Å². The molecule has 0 aliphatic carbocycles. The van der Waals surface area contributed by atoms with Crippen LogP contribution < -0.4 is 11.1 Å². The largest absolute Gasteiger partial charge is 0.370 e. The lowest BCUT2D eigenvalue weighted by Gasteiger charge is -2.34. The van der Waals surface area contributed by atoms with Crippen LogP contribution in [0.3, 0.4) is 0 Å². The van der Waals surface area contributed by atoms with Crippen LogP contribution in [-0.4, -0.2) is 47.9 Å². The Bertz CT molecular complexity index is 542. The number of hydrogen-bond acceptors (Lipinski definition) is 4. The highest BCUT2D eigenvalue weighted by Gasteiger charge is 2.23. The minimum Gasteiger partial charge on any atom is -0.370 e. The summed E-state index contributed by atoms with van der Waals surface area (Å²) in [5, 5.41) is 6.56. The second-order valence-corrected chi connectivity index (χ2v) is 7.03. The number of primary amides is 1. The minimum absolute atomic E-state index is 0.210. The van der Waals surface area contributed by atoms with Crippen LogP contribution in [0.15, 0.2) is 10.4 Å². The van der Waals surface area contributed by atoms with Crippen molar-refractivity contribution >= 4 is 23.2 Å². The lowest BCUT2D eigenvalue weighted by molar-refractivity contribution is -0.119. The number of nitrogens with zero attached hydrogens (tertiary/aromatic N) is 3. The molecule has 1 aromatic heterocycles. The standard InChI is InChI=1S/C16H27N5OS/c1-3-18-16(19-7-6-14-11-23-12(2)20-14)21-8-4-5-13(10-21)9-15(17)22/h11,13H,3-10H2,1-2H3,(H2,17,22)(H,18,19). The Morgan fingerprint density at radius 3 is 3.09 bits per heavy atom. The quantitative estimate of drug-likeness (QED) is 0.609. The van der Waals surface area contributed by atoms with Crippen LogP contribution in [0.2, 0.25) is 0 Å². The molecule has 3 N–H and O–H groups in total. The number of nitrogens with one attached hydrogen (secondary N) is 1. The molecule has 1 atom stereocenters. The molecule has 6 nitrogen and oxygen atoms in total. The average Bonchev–Trinajstić information content (AvgIpc) is 2.91. The van der Waals surface area contributed by atoms with Gasteiger partial charge in [0, 0.05) is 44.4 Å².